The zero-order chi connectivity index (χ0) is 21.1. The predicted octanol–water partition coefficient (Wildman–Crippen LogP) is 4.08. The summed E-state index contributed by atoms with van der Waals surface area (Å²) in [5.41, 5.74) is 1.14. The molecule has 0 N–H and O–H groups in total. The second-order valence-corrected chi connectivity index (χ2v) is 8.03. The van der Waals surface area contributed by atoms with Crippen molar-refractivity contribution in [3.05, 3.63) is 47.8 Å². The van der Waals surface area contributed by atoms with Crippen LogP contribution in [0.1, 0.15) is 19.4 Å². The van der Waals surface area contributed by atoms with Gasteiger partial charge in [-0.2, -0.15) is 0 Å². The van der Waals surface area contributed by atoms with Gasteiger partial charge in [-0.1, -0.05) is 37.3 Å². The molecule has 1 aliphatic rings. The number of rotatable bonds is 8. The number of ether oxygens (including phenoxy) is 2. The van der Waals surface area contributed by atoms with Gasteiger partial charge in [0.05, 0.1) is 11.1 Å². The summed E-state index contributed by atoms with van der Waals surface area (Å²) in [7, 11) is 0. The first kappa shape index (κ1) is 20.6. The summed E-state index contributed by atoms with van der Waals surface area (Å²) in [6, 6.07) is 10.4. The number of para-hydroxylation sites is 1. The second kappa shape index (κ2) is 8.97. The number of aromatic nitrogens is 1. The van der Waals surface area contributed by atoms with Crippen molar-refractivity contribution in [2.24, 2.45) is 0 Å². The van der Waals surface area contributed by atoms with Gasteiger partial charge in [-0.25, -0.2) is 9.37 Å². The van der Waals surface area contributed by atoms with Crippen LogP contribution in [0, 0.1) is 5.82 Å². The van der Waals surface area contributed by atoms with Crippen molar-refractivity contribution in [1.29, 1.82) is 0 Å². The van der Waals surface area contributed by atoms with Crippen molar-refractivity contribution in [2.75, 3.05) is 37.9 Å². The fourth-order valence-corrected chi connectivity index (χ4v) is 4.47. The Balaban J connectivity index is 1.60. The Hall–Kier alpha value is -2.71. The van der Waals surface area contributed by atoms with Gasteiger partial charge in [-0.3, -0.25) is 9.69 Å². The molecule has 2 aromatic carbocycles. The highest BCUT2D eigenvalue weighted by atomic mass is 32.1. The number of benzene rings is 2. The minimum absolute atomic E-state index is 0.0829. The third kappa shape index (κ3) is 4.24. The monoisotopic (exact) mass is 429 g/mol. The Morgan fingerprint density at radius 1 is 1.13 bits per heavy atom. The molecule has 0 saturated heterocycles. The van der Waals surface area contributed by atoms with E-state index in [9.17, 15) is 9.18 Å². The summed E-state index contributed by atoms with van der Waals surface area (Å²) >= 11 is 1.34. The summed E-state index contributed by atoms with van der Waals surface area (Å²) < 4.78 is 25.7. The Kier molecular flexibility index (Phi) is 6.15. The van der Waals surface area contributed by atoms with E-state index >= 15 is 0 Å². The number of fused-ring (bicyclic) bond motifs is 2. The van der Waals surface area contributed by atoms with Gasteiger partial charge >= 0.3 is 0 Å². The van der Waals surface area contributed by atoms with Crippen molar-refractivity contribution in [3.63, 3.8) is 0 Å². The molecule has 1 amide bonds. The number of likely N-dealkylation sites (N-methyl/N-ethyl adjacent to an activating group) is 1. The Labute approximate surface area is 178 Å². The standard InChI is InChI=1S/C22H24FN3O3S/c1-3-25(4-2)10-11-26(22-24-21-16(23)6-5-7-19(21)30-22)20(27)13-15-8-9-17-18(12-15)29-14-28-17/h5-9,12H,3-4,10-11,13-14H2,1-2H3. The van der Waals surface area contributed by atoms with Crippen LogP contribution in [0.2, 0.25) is 0 Å². The molecule has 0 aliphatic carbocycles. The highest BCUT2D eigenvalue weighted by Gasteiger charge is 2.23. The van der Waals surface area contributed by atoms with Crippen LogP contribution < -0.4 is 14.4 Å². The van der Waals surface area contributed by atoms with Crippen LogP contribution in [0.5, 0.6) is 11.5 Å². The van der Waals surface area contributed by atoms with Crippen molar-refractivity contribution in [2.45, 2.75) is 20.3 Å². The van der Waals surface area contributed by atoms with Crippen LogP contribution in [-0.2, 0) is 11.2 Å². The Morgan fingerprint density at radius 2 is 1.93 bits per heavy atom. The third-order valence-corrected chi connectivity index (χ3v) is 6.26. The lowest BCUT2D eigenvalue weighted by Crippen LogP contribution is -2.39. The number of carbonyl (C=O) groups excluding carboxylic acids is 1. The maximum atomic E-state index is 14.2. The van der Waals surface area contributed by atoms with E-state index in [0.29, 0.717) is 28.7 Å². The van der Waals surface area contributed by atoms with Gasteiger partial charge in [0.1, 0.15) is 11.3 Å². The number of amides is 1. The molecule has 2 heterocycles. The Morgan fingerprint density at radius 3 is 2.70 bits per heavy atom. The van der Waals surface area contributed by atoms with Gasteiger partial charge in [0.2, 0.25) is 12.7 Å². The molecule has 6 nitrogen and oxygen atoms in total. The largest absolute Gasteiger partial charge is 0.454 e. The number of hydrogen-bond acceptors (Lipinski definition) is 6. The number of anilines is 1. The lowest BCUT2D eigenvalue weighted by atomic mass is 10.1. The highest BCUT2D eigenvalue weighted by molar-refractivity contribution is 7.22. The highest BCUT2D eigenvalue weighted by Crippen LogP contribution is 2.34. The molecule has 8 heteroatoms. The third-order valence-electron chi connectivity index (χ3n) is 5.22. The number of halogens is 1. The molecule has 0 saturated carbocycles. The molecule has 0 fully saturated rings. The van der Waals surface area contributed by atoms with Crippen LogP contribution in [0.15, 0.2) is 36.4 Å². The van der Waals surface area contributed by atoms with E-state index in [-0.39, 0.29) is 24.9 Å². The normalized spacial score (nSPS) is 12.7. The number of thiazole rings is 1. The second-order valence-electron chi connectivity index (χ2n) is 7.02. The molecule has 4 rings (SSSR count). The van der Waals surface area contributed by atoms with E-state index in [4.69, 9.17) is 9.47 Å². The first-order valence-electron chi connectivity index (χ1n) is 10.0. The fourth-order valence-electron chi connectivity index (χ4n) is 3.45. The quantitative estimate of drug-likeness (QED) is 0.540. The average Bonchev–Trinajstić information content (AvgIpc) is 3.38. The van der Waals surface area contributed by atoms with Crippen LogP contribution in [0.3, 0.4) is 0 Å². The molecular weight excluding hydrogens is 405 g/mol. The first-order valence-corrected chi connectivity index (χ1v) is 10.9. The molecule has 0 unspecified atom stereocenters. The van der Waals surface area contributed by atoms with E-state index in [0.717, 1.165) is 29.9 Å². The number of hydrogen-bond donors (Lipinski definition) is 0. The van der Waals surface area contributed by atoms with Crippen LogP contribution in [0.25, 0.3) is 10.2 Å². The molecule has 1 aliphatic heterocycles. The molecule has 0 radical (unpaired) electrons. The van der Waals surface area contributed by atoms with Gasteiger partial charge in [0.25, 0.3) is 0 Å². The van der Waals surface area contributed by atoms with Gasteiger partial charge < -0.3 is 14.4 Å². The van der Waals surface area contributed by atoms with E-state index in [1.165, 1.54) is 17.4 Å². The van der Waals surface area contributed by atoms with Crippen LogP contribution in [-0.4, -0.2) is 48.8 Å². The van der Waals surface area contributed by atoms with Gasteiger partial charge in [0.15, 0.2) is 16.6 Å². The maximum absolute atomic E-state index is 14.2. The smallest absolute Gasteiger partial charge is 0.233 e. The fraction of sp³-hybridized carbons (Fsp3) is 0.364. The summed E-state index contributed by atoms with van der Waals surface area (Å²) in [4.78, 5) is 21.6. The summed E-state index contributed by atoms with van der Waals surface area (Å²) in [5, 5.41) is 0.521. The summed E-state index contributed by atoms with van der Waals surface area (Å²) in [5.74, 6) is 0.880. The van der Waals surface area contributed by atoms with Gasteiger partial charge in [-0.05, 0) is 42.9 Å². The van der Waals surface area contributed by atoms with E-state index in [1.807, 2.05) is 24.3 Å². The topological polar surface area (TPSA) is 54.9 Å². The molecule has 0 spiro atoms. The van der Waals surface area contributed by atoms with E-state index in [1.54, 1.807) is 11.0 Å². The van der Waals surface area contributed by atoms with Gasteiger partial charge in [0, 0.05) is 13.1 Å². The lowest BCUT2D eigenvalue weighted by Gasteiger charge is -2.24. The minimum Gasteiger partial charge on any atom is -0.454 e. The average molecular weight is 430 g/mol. The Bertz CT molecular complexity index is 1050. The van der Waals surface area contributed by atoms with E-state index in [2.05, 4.69) is 23.7 Å². The SMILES string of the molecule is CCN(CC)CCN(C(=O)Cc1ccc2c(c1)OCO2)c1nc2c(F)cccc2s1. The van der Waals surface area contributed by atoms with Crippen molar-refractivity contribution in [3.8, 4) is 11.5 Å². The predicted molar refractivity (Wildman–Crippen MR) is 116 cm³/mol. The van der Waals surface area contributed by atoms with Crippen molar-refractivity contribution >= 4 is 32.6 Å². The lowest BCUT2D eigenvalue weighted by molar-refractivity contribution is -0.118. The summed E-state index contributed by atoms with van der Waals surface area (Å²) in [6.07, 6.45) is 0.202. The molecule has 3 aromatic rings. The van der Waals surface area contributed by atoms with Gasteiger partial charge in [-0.15, -0.1) is 0 Å². The molecular formula is C22H24FN3O3S. The molecule has 158 valence electrons. The van der Waals surface area contributed by atoms with Crippen molar-refractivity contribution < 1.29 is 18.7 Å². The maximum Gasteiger partial charge on any atom is 0.233 e. The van der Waals surface area contributed by atoms with E-state index < -0.39 is 0 Å². The number of carbonyl (C=O) groups is 1. The zero-order valence-electron chi connectivity index (χ0n) is 17.1. The van der Waals surface area contributed by atoms with Crippen LogP contribution >= 0.6 is 11.3 Å². The molecule has 1 aromatic heterocycles. The van der Waals surface area contributed by atoms with Crippen molar-refractivity contribution in [1.82, 2.24) is 9.88 Å². The molecule has 0 atom stereocenters. The van der Waals surface area contributed by atoms with Crippen LogP contribution in [0.4, 0.5) is 9.52 Å². The first-order chi connectivity index (χ1) is 14.6. The minimum atomic E-state index is -0.373. The molecule has 0 bridgehead atoms. The summed E-state index contributed by atoms with van der Waals surface area (Å²) in [6.45, 7) is 7.39. The zero-order valence-corrected chi connectivity index (χ0v) is 17.9. The number of nitrogens with zero attached hydrogens (tertiary/aromatic N) is 3. The molecule has 30 heavy (non-hydrogen) atoms.